The highest BCUT2D eigenvalue weighted by Crippen LogP contribution is 1.78. The zero-order valence-electron chi connectivity index (χ0n) is 5.59. The maximum atomic E-state index is 6.98. The van der Waals surface area contributed by atoms with Crippen LogP contribution in [0.3, 0.4) is 0 Å². The van der Waals surface area contributed by atoms with Crippen molar-refractivity contribution in [1.29, 1.82) is 5.41 Å². The smallest absolute Gasteiger partial charge is 0.0282 e. The van der Waals surface area contributed by atoms with Crippen LogP contribution in [0.15, 0.2) is 37.0 Å². The second kappa shape index (κ2) is 5.04. The first kappa shape index (κ1) is 7.89. The average Bonchev–Trinajstić information content (AvgIpc) is 1.80. The van der Waals surface area contributed by atoms with Gasteiger partial charge in [0.05, 0.1) is 0 Å². The van der Waals surface area contributed by atoms with Crippen molar-refractivity contribution in [2.24, 2.45) is 0 Å². The van der Waals surface area contributed by atoms with E-state index in [2.05, 4.69) is 6.58 Å². The molecule has 48 valence electrons. The summed E-state index contributed by atoms with van der Waals surface area (Å²) in [7, 11) is 0. The summed E-state index contributed by atoms with van der Waals surface area (Å²) in [6.07, 6.45) is 8.89. The van der Waals surface area contributed by atoms with E-state index in [1.807, 2.05) is 18.2 Å². The first-order chi connectivity index (χ1) is 4.27. The second-order valence-electron chi connectivity index (χ2n) is 1.66. The Bertz CT molecular complexity index is 152. The fourth-order valence-electron chi connectivity index (χ4n) is 0.343. The third-order valence-electron chi connectivity index (χ3n) is 0.705. The summed E-state index contributed by atoms with van der Waals surface area (Å²) in [5.74, 6) is 0. The molecular weight excluding hydrogens is 110 g/mol. The van der Waals surface area contributed by atoms with Gasteiger partial charge in [-0.3, -0.25) is 0 Å². The Balaban J connectivity index is 3.59. The molecule has 0 bridgehead atoms. The molecule has 0 radical (unpaired) electrons. The standard InChI is InChI=1S/C8H11N/c1-3-4-5-6-7-8(2)9/h3-7,9H,1H2,2H3/b5-4-,7-6-,9-8?. The number of rotatable bonds is 3. The van der Waals surface area contributed by atoms with Crippen molar-refractivity contribution in [3.05, 3.63) is 37.0 Å². The zero-order valence-corrected chi connectivity index (χ0v) is 5.59. The lowest BCUT2D eigenvalue weighted by Crippen LogP contribution is -1.75. The first-order valence-corrected chi connectivity index (χ1v) is 2.78. The molecule has 0 unspecified atom stereocenters. The molecule has 0 rings (SSSR count). The molecule has 0 atom stereocenters. The van der Waals surface area contributed by atoms with Crippen LogP contribution in [-0.2, 0) is 0 Å². The summed E-state index contributed by atoms with van der Waals surface area (Å²) in [5, 5.41) is 6.98. The Morgan fingerprint density at radius 3 is 2.44 bits per heavy atom. The van der Waals surface area contributed by atoms with Crippen LogP contribution in [0.2, 0.25) is 0 Å². The quantitative estimate of drug-likeness (QED) is 0.437. The van der Waals surface area contributed by atoms with Crippen LogP contribution < -0.4 is 0 Å². The van der Waals surface area contributed by atoms with Gasteiger partial charge in [-0.25, -0.2) is 0 Å². The van der Waals surface area contributed by atoms with E-state index in [1.54, 1.807) is 19.1 Å². The van der Waals surface area contributed by atoms with Crippen molar-refractivity contribution in [3.63, 3.8) is 0 Å². The molecule has 0 aromatic carbocycles. The van der Waals surface area contributed by atoms with Crippen LogP contribution in [0, 0.1) is 5.41 Å². The van der Waals surface area contributed by atoms with Crippen LogP contribution in [-0.4, -0.2) is 5.71 Å². The molecule has 0 heterocycles. The molecule has 1 heteroatoms. The molecule has 9 heavy (non-hydrogen) atoms. The average molecular weight is 121 g/mol. The van der Waals surface area contributed by atoms with E-state index in [4.69, 9.17) is 5.41 Å². The fourth-order valence-corrected chi connectivity index (χ4v) is 0.343. The number of nitrogens with one attached hydrogen (secondary N) is 1. The second-order valence-corrected chi connectivity index (χ2v) is 1.66. The maximum Gasteiger partial charge on any atom is 0.0282 e. The third kappa shape index (κ3) is 6.89. The summed E-state index contributed by atoms with van der Waals surface area (Å²) in [6, 6.07) is 0. The van der Waals surface area contributed by atoms with Gasteiger partial charge in [0, 0.05) is 5.71 Å². The molecule has 0 spiro atoms. The van der Waals surface area contributed by atoms with Crippen molar-refractivity contribution in [2.75, 3.05) is 0 Å². The van der Waals surface area contributed by atoms with Gasteiger partial charge in [-0.1, -0.05) is 30.9 Å². The van der Waals surface area contributed by atoms with E-state index >= 15 is 0 Å². The molecule has 0 fully saturated rings. The Morgan fingerprint density at radius 2 is 2.00 bits per heavy atom. The molecule has 0 aliphatic heterocycles. The van der Waals surface area contributed by atoms with Crippen LogP contribution >= 0.6 is 0 Å². The lowest BCUT2D eigenvalue weighted by atomic mass is 10.3. The topological polar surface area (TPSA) is 23.9 Å². The van der Waals surface area contributed by atoms with E-state index in [0.717, 1.165) is 0 Å². The lowest BCUT2D eigenvalue weighted by molar-refractivity contribution is 1.50. The van der Waals surface area contributed by atoms with Gasteiger partial charge in [-0.15, -0.1) is 0 Å². The molecule has 1 N–H and O–H groups in total. The van der Waals surface area contributed by atoms with Gasteiger partial charge in [0.15, 0.2) is 0 Å². The molecule has 0 aliphatic rings. The highest BCUT2D eigenvalue weighted by atomic mass is 14.4. The molecule has 0 aromatic heterocycles. The molecule has 0 aromatic rings. The molecule has 0 saturated heterocycles. The van der Waals surface area contributed by atoms with E-state index < -0.39 is 0 Å². The zero-order chi connectivity index (χ0) is 7.11. The molecule has 0 amide bonds. The van der Waals surface area contributed by atoms with Crippen molar-refractivity contribution >= 4 is 5.71 Å². The van der Waals surface area contributed by atoms with Crippen molar-refractivity contribution in [1.82, 2.24) is 0 Å². The highest BCUT2D eigenvalue weighted by molar-refractivity contribution is 5.90. The molecular formula is C8H11N. The van der Waals surface area contributed by atoms with Gasteiger partial charge < -0.3 is 5.41 Å². The monoisotopic (exact) mass is 121 g/mol. The van der Waals surface area contributed by atoms with E-state index in [1.165, 1.54) is 0 Å². The van der Waals surface area contributed by atoms with Crippen LogP contribution in [0.5, 0.6) is 0 Å². The number of hydrogen-bond donors (Lipinski definition) is 1. The Hall–Kier alpha value is -1.11. The molecule has 1 nitrogen and oxygen atoms in total. The van der Waals surface area contributed by atoms with Crippen molar-refractivity contribution in [3.8, 4) is 0 Å². The van der Waals surface area contributed by atoms with Crippen LogP contribution in [0.1, 0.15) is 6.92 Å². The van der Waals surface area contributed by atoms with E-state index in [-0.39, 0.29) is 0 Å². The van der Waals surface area contributed by atoms with Crippen molar-refractivity contribution < 1.29 is 0 Å². The summed E-state index contributed by atoms with van der Waals surface area (Å²) in [4.78, 5) is 0. The summed E-state index contributed by atoms with van der Waals surface area (Å²) < 4.78 is 0. The summed E-state index contributed by atoms with van der Waals surface area (Å²) >= 11 is 0. The lowest BCUT2D eigenvalue weighted by Gasteiger charge is -1.76. The maximum absolute atomic E-state index is 6.98. The number of hydrogen-bond acceptors (Lipinski definition) is 1. The third-order valence-corrected chi connectivity index (χ3v) is 0.705. The van der Waals surface area contributed by atoms with Gasteiger partial charge in [-0.2, -0.15) is 0 Å². The first-order valence-electron chi connectivity index (χ1n) is 2.78. The normalized spacial score (nSPS) is 10.8. The van der Waals surface area contributed by atoms with Gasteiger partial charge >= 0.3 is 0 Å². The summed E-state index contributed by atoms with van der Waals surface area (Å²) in [6.45, 7) is 5.24. The Kier molecular flexibility index (Phi) is 4.41. The Morgan fingerprint density at radius 1 is 1.33 bits per heavy atom. The Labute approximate surface area is 55.9 Å². The minimum atomic E-state index is 0.559. The van der Waals surface area contributed by atoms with Gasteiger partial charge in [0.25, 0.3) is 0 Å². The van der Waals surface area contributed by atoms with Gasteiger partial charge in [0.1, 0.15) is 0 Å². The van der Waals surface area contributed by atoms with Gasteiger partial charge in [0.2, 0.25) is 0 Å². The summed E-state index contributed by atoms with van der Waals surface area (Å²) in [5.41, 5.74) is 0.559. The predicted molar refractivity (Wildman–Crippen MR) is 41.9 cm³/mol. The van der Waals surface area contributed by atoms with Crippen LogP contribution in [0.25, 0.3) is 0 Å². The number of allylic oxidation sites excluding steroid dienone is 5. The largest absolute Gasteiger partial charge is 0.306 e. The highest BCUT2D eigenvalue weighted by Gasteiger charge is 1.69. The fraction of sp³-hybridized carbons (Fsp3) is 0.125. The predicted octanol–water partition coefficient (Wildman–Crippen LogP) is 2.32. The van der Waals surface area contributed by atoms with E-state index in [9.17, 15) is 0 Å². The molecule has 0 aliphatic carbocycles. The van der Waals surface area contributed by atoms with Crippen molar-refractivity contribution in [2.45, 2.75) is 6.92 Å². The SMILES string of the molecule is C=C/C=C\C=C/C(C)=N. The van der Waals surface area contributed by atoms with E-state index in [0.29, 0.717) is 5.71 Å². The minimum absolute atomic E-state index is 0.559. The van der Waals surface area contributed by atoms with Gasteiger partial charge in [-0.05, 0) is 13.0 Å². The molecule has 0 saturated carbocycles. The minimum Gasteiger partial charge on any atom is -0.306 e. The van der Waals surface area contributed by atoms with Crippen LogP contribution in [0.4, 0.5) is 0 Å².